The van der Waals surface area contributed by atoms with Crippen molar-refractivity contribution in [2.75, 3.05) is 6.61 Å². The maximum atomic E-state index is 13.2. The number of rotatable bonds is 9. The smallest absolute Gasteiger partial charge is 0.337 e. The number of nitrogens with one attached hydrogen (secondary N) is 2. The maximum Gasteiger partial charge on any atom is 0.337 e. The third kappa shape index (κ3) is 6.79. The third-order valence-electron chi connectivity index (χ3n) is 6.15. The number of carboxylic acid groups (broad SMARTS) is 1. The minimum atomic E-state index is -1.24. The predicted octanol–water partition coefficient (Wildman–Crippen LogP) is 4.91. The maximum absolute atomic E-state index is 13.2. The topological polar surface area (TPSA) is 147 Å². The molecule has 0 amide bonds. The van der Waals surface area contributed by atoms with Crippen LogP contribution < -0.4 is 5.32 Å². The Morgan fingerprint density at radius 2 is 1.85 bits per heavy atom. The van der Waals surface area contributed by atoms with Gasteiger partial charge in [0.05, 0.1) is 22.0 Å². The first-order chi connectivity index (χ1) is 18.2. The number of H-pyrrole nitrogens is 1. The van der Waals surface area contributed by atoms with Crippen LogP contribution in [0.5, 0.6) is 0 Å². The third-order valence-corrected chi connectivity index (χ3v) is 6.15. The number of hydrogen-bond acceptors (Lipinski definition) is 7. The van der Waals surface area contributed by atoms with Crippen molar-refractivity contribution in [2.45, 2.75) is 26.2 Å². The zero-order chi connectivity index (χ0) is 27.2. The summed E-state index contributed by atoms with van der Waals surface area (Å²) in [4.78, 5) is 43.4. The van der Waals surface area contributed by atoms with Crippen molar-refractivity contribution in [3.8, 4) is 0 Å². The van der Waals surface area contributed by atoms with Gasteiger partial charge in [-0.15, -0.1) is 12.4 Å². The number of imidazole rings is 1. The second-order valence-corrected chi connectivity index (χ2v) is 8.75. The monoisotopic (exact) mass is 550 g/mol. The van der Waals surface area contributed by atoms with Gasteiger partial charge in [-0.25, -0.2) is 14.6 Å². The SMILES string of the molecule is CC1=C(C(=O)O)C(c2cccc([N+](=O)[O-])c2)C(C(=O)OCC=Cc2ccc(Cc3ncc[nH]3)cc2)=C(C)N1.Cl. The van der Waals surface area contributed by atoms with Gasteiger partial charge in [-0.05, 0) is 36.6 Å². The molecule has 0 saturated heterocycles. The Morgan fingerprint density at radius 3 is 2.49 bits per heavy atom. The molecule has 11 heteroatoms. The van der Waals surface area contributed by atoms with Gasteiger partial charge >= 0.3 is 11.9 Å². The van der Waals surface area contributed by atoms with Crippen LogP contribution in [0.25, 0.3) is 6.08 Å². The molecule has 0 saturated carbocycles. The number of nitro groups is 1. The summed E-state index contributed by atoms with van der Waals surface area (Å²) < 4.78 is 5.47. The second-order valence-electron chi connectivity index (χ2n) is 8.75. The molecule has 1 aliphatic heterocycles. The minimum absolute atomic E-state index is 0. The second kappa shape index (κ2) is 12.7. The number of aromatic nitrogens is 2. The van der Waals surface area contributed by atoms with Crippen LogP contribution in [-0.4, -0.2) is 38.5 Å². The molecule has 1 atom stereocenters. The summed E-state index contributed by atoms with van der Waals surface area (Å²) >= 11 is 0. The molecule has 10 nitrogen and oxygen atoms in total. The summed E-state index contributed by atoms with van der Waals surface area (Å²) in [5.41, 5.74) is 2.91. The van der Waals surface area contributed by atoms with E-state index in [0.717, 1.165) is 17.0 Å². The number of halogens is 1. The fraction of sp³-hybridized carbons (Fsp3) is 0.179. The molecule has 2 aromatic carbocycles. The molecular weight excluding hydrogens is 524 g/mol. The van der Waals surface area contributed by atoms with E-state index in [9.17, 15) is 24.8 Å². The average molecular weight is 551 g/mol. The molecule has 0 fully saturated rings. The number of nitrogens with zero attached hydrogens (tertiary/aromatic N) is 2. The van der Waals surface area contributed by atoms with Gasteiger partial charge in [-0.1, -0.05) is 42.5 Å². The van der Waals surface area contributed by atoms with Crippen molar-refractivity contribution in [1.82, 2.24) is 15.3 Å². The normalized spacial score (nSPS) is 15.1. The highest BCUT2D eigenvalue weighted by atomic mass is 35.5. The molecule has 2 heterocycles. The average Bonchev–Trinajstić information content (AvgIpc) is 3.40. The number of nitro benzene ring substituents is 1. The van der Waals surface area contributed by atoms with E-state index in [1.807, 2.05) is 30.3 Å². The Hall–Kier alpha value is -4.70. The summed E-state index contributed by atoms with van der Waals surface area (Å²) in [6.45, 7) is 3.18. The first-order valence-electron chi connectivity index (χ1n) is 11.8. The lowest BCUT2D eigenvalue weighted by Gasteiger charge is -2.29. The summed E-state index contributed by atoms with van der Waals surface area (Å²) in [5, 5.41) is 24.2. The number of carboxylic acids is 1. The van der Waals surface area contributed by atoms with E-state index >= 15 is 0 Å². The highest BCUT2D eigenvalue weighted by molar-refractivity contribution is 5.99. The van der Waals surface area contributed by atoms with Crippen LogP contribution in [0, 0.1) is 10.1 Å². The zero-order valence-corrected chi connectivity index (χ0v) is 22.0. The fourth-order valence-corrected chi connectivity index (χ4v) is 4.42. The van der Waals surface area contributed by atoms with E-state index in [-0.39, 0.29) is 35.8 Å². The molecule has 3 N–H and O–H groups in total. The molecule has 0 spiro atoms. The van der Waals surface area contributed by atoms with Crippen LogP contribution in [-0.2, 0) is 20.7 Å². The van der Waals surface area contributed by atoms with E-state index in [4.69, 9.17) is 4.74 Å². The number of hydrogen-bond donors (Lipinski definition) is 3. The van der Waals surface area contributed by atoms with Crippen LogP contribution in [0.2, 0.25) is 0 Å². The van der Waals surface area contributed by atoms with Crippen molar-refractivity contribution in [2.24, 2.45) is 0 Å². The van der Waals surface area contributed by atoms with Crippen molar-refractivity contribution in [1.29, 1.82) is 0 Å². The van der Waals surface area contributed by atoms with Gasteiger partial charge in [0.15, 0.2) is 0 Å². The first kappa shape index (κ1) is 28.9. The highest BCUT2D eigenvalue weighted by Crippen LogP contribution is 2.39. The lowest BCUT2D eigenvalue weighted by Crippen LogP contribution is -2.31. The zero-order valence-electron chi connectivity index (χ0n) is 21.2. The van der Waals surface area contributed by atoms with Gasteiger partial charge in [-0.2, -0.15) is 0 Å². The number of dihydropyridines is 1. The molecule has 1 aromatic heterocycles. The molecule has 4 rings (SSSR count). The summed E-state index contributed by atoms with van der Waals surface area (Å²) in [6, 6.07) is 13.5. The van der Waals surface area contributed by atoms with Gasteiger partial charge < -0.3 is 20.1 Å². The molecular formula is C28H27ClN4O6. The van der Waals surface area contributed by atoms with Gasteiger partial charge in [0.1, 0.15) is 12.4 Å². The molecule has 1 aliphatic rings. The molecule has 0 aliphatic carbocycles. The molecule has 3 aromatic rings. The summed E-state index contributed by atoms with van der Waals surface area (Å²) in [7, 11) is 0. The number of esters is 1. The van der Waals surface area contributed by atoms with Gasteiger partial charge in [0, 0.05) is 42.3 Å². The van der Waals surface area contributed by atoms with Crippen molar-refractivity contribution >= 4 is 36.1 Å². The van der Waals surface area contributed by atoms with E-state index in [0.29, 0.717) is 23.4 Å². The Bertz CT molecular complexity index is 1460. The summed E-state index contributed by atoms with van der Waals surface area (Å²) in [5.74, 6) is -2.11. The van der Waals surface area contributed by atoms with Crippen molar-refractivity contribution in [3.63, 3.8) is 0 Å². The standard InChI is InChI=1S/C28H26N4O6.ClH/c1-17-24(27(33)34)26(21-6-3-7-22(16-21)32(36)37)25(18(2)31-17)28(35)38-14-4-5-19-8-10-20(11-9-19)15-23-29-12-13-30-23;/h3-13,16,26,31H,14-15H2,1-2H3,(H,29,30)(H,33,34);1H. The lowest BCUT2D eigenvalue weighted by atomic mass is 9.80. The number of carbonyl (C=O) groups is 2. The van der Waals surface area contributed by atoms with E-state index in [1.54, 1.807) is 38.4 Å². The summed E-state index contributed by atoms with van der Waals surface area (Å²) in [6.07, 6.45) is 7.68. The molecule has 39 heavy (non-hydrogen) atoms. The lowest BCUT2D eigenvalue weighted by molar-refractivity contribution is -0.384. The van der Waals surface area contributed by atoms with Gasteiger partial charge in [-0.3, -0.25) is 10.1 Å². The van der Waals surface area contributed by atoms with Crippen LogP contribution in [0.1, 0.15) is 42.3 Å². The van der Waals surface area contributed by atoms with Crippen LogP contribution >= 0.6 is 12.4 Å². The Balaban J connectivity index is 0.00000420. The number of aromatic amines is 1. The molecule has 1 unspecified atom stereocenters. The fourth-order valence-electron chi connectivity index (χ4n) is 4.42. The van der Waals surface area contributed by atoms with E-state index in [2.05, 4.69) is 15.3 Å². The van der Waals surface area contributed by atoms with E-state index in [1.165, 1.54) is 18.2 Å². The predicted molar refractivity (Wildman–Crippen MR) is 147 cm³/mol. The number of allylic oxidation sites excluding steroid dienone is 2. The van der Waals surface area contributed by atoms with Crippen LogP contribution in [0.15, 0.2) is 89.5 Å². The highest BCUT2D eigenvalue weighted by Gasteiger charge is 2.37. The largest absolute Gasteiger partial charge is 0.478 e. The number of carbonyl (C=O) groups excluding carboxylic acids is 1. The van der Waals surface area contributed by atoms with E-state index < -0.39 is 22.8 Å². The Kier molecular flexibility index (Phi) is 9.40. The molecule has 0 bridgehead atoms. The quantitative estimate of drug-likeness (QED) is 0.193. The number of non-ortho nitro benzene ring substituents is 1. The Morgan fingerprint density at radius 1 is 1.13 bits per heavy atom. The number of aliphatic carboxylic acids is 1. The van der Waals surface area contributed by atoms with Crippen molar-refractivity contribution < 1.29 is 24.4 Å². The number of ether oxygens (including phenoxy) is 1. The molecule has 202 valence electrons. The first-order valence-corrected chi connectivity index (χ1v) is 11.8. The van der Waals surface area contributed by atoms with Gasteiger partial charge in [0.25, 0.3) is 5.69 Å². The number of benzene rings is 2. The molecule has 0 radical (unpaired) electrons. The Labute approximate surface area is 230 Å². The van der Waals surface area contributed by atoms with Crippen LogP contribution in [0.4, 0.5) is 5.69 Å². The van der Waals surface area contributed by atoms with Crippen molar-refractivity contribution in [3.05, 3.63) is 122 Å². The van der Waals surface area contributed by atoms with Gasteiger partial charge in [0.2, 0.25) is 0 Å². The minimum Gasteiger partial charge on any atom is -0.478 e. The van der Waals surface area contributed by atoms with Crippen LogP contribution in [0.3, 0.4) is 0 Å².